The number of fused-ring (bicyclic) bond motifs is 6. The monoisotopic (exact) mass is 588 g/mol. The van der Waals surface area contributed by atoms with E-state index in [4.69, 9.17) is 0 Å². The summed E-state index contributed by atoms with van der Waals surface area (Å²) in [6.07, 6.45) is 7.14. The van der Waals surface area contributed by atoms with Crippen molar-refractivity contribution in [1.29, 1.82) is 0 Å². The first-order valence-corrected chi connectivity index (χ1v) is 17.4. The highest BCUT2D eigenvalue weighted by molar-refractivity contribution is 6.21. The summed E-state index contributed by atoms with van der Waals surface area (Å²) >= 11 is 0. The topological polar surface area (TPSA) is 0 Å². The van der Waals surface area contributed by atoms with Crippen LogP contribution in [0.3, 0.4) is 0 Å². The second-order valence-electron chi connectivity index (χ2n) is 14.9. The highest BCUT2D eigenvalue weighted by Gasteiger charge is 2.61. The van der Waals surface area contributed by atoms with Gasteiger partial charge in [0.25, 0.3) is 0 Å². The van der Waals surface area contributed by atoms with Gasteiger partial charge in [-0.2, -0.15) is 0 Å². The van der Waals surface area contributed by atoms with Crippen LogP contribution in [-0.2, 0) is 5.41 Å². The lowest BCUT2D eigenvalue weighted by Crippen LogP contribution is -2.55. The minimum atomic E-state index is 0.173. The fourth-order valence-electron chi connectivity index (χ4n) is 11.4. The van der Waals surface area contributed by atoms with Crippen LogP contribution >= 0.6 is 0 Å². The Hall–Kier alpha value is -4.68. The summed E-state index contributed by atoms with van der Waals surface area (Å²) in [6, 6.07) is 51.1. The van der Waals surface area contributed by atoms with Gasteiger partial charge < -0.3 is 0 Å². The molecule has 0 N–H and O–H groups in total. The predicted octanol–water partition coefficient (Wildman–Crippen LogP) is 12.2. The highest BCUT2D eigenvalue weighted by Crippen LogP contribution is 2.69. The summed E-state index contributed by atoms with van der Waals surface area (Å²) in [7, 11) is 0. The molecule has 0 nitrogen and oxygen atoms in total. The van der Waals surface area contributed by atoms with Crippen molar-refractivity contribution < 1.29 is 0 Å². The molecule has 12 rings (SSSR count). The average molecular weight is 589 g/mol. The van der Waals surface area contributed by atoms with E-state index in [-0.39, 0.29) is 5.41 Å². The van der Waals surface area contributed by atoms with Crippen molar-refractivity contribution in [2.75, 3.05) is 0 Å². The van der Waals surface area contributed by atoms with E-state index < -0.39 is 0 Å². The Bertz CT molecular complexity index is 2300. The quantitative estimate of drug-likeness (QED) is 0.176. The Labute approximate surface area is 270 Å². The molecule has 0 radical (unpaired) electrons. The third-order valence-corrected chi connectivity index (χ3v) is 12.8. The molecule has 46 heavy (non-hydrogen) atoms. The van der Waals surface area contributed by atoms with Gasteiger partial charge in [-0.25, -0.2) is 0 Å². The molecular weight excluding hydrogens is 553 g/mol. The molecule has 0 aromatic heterocycles. The van der Waals surface area contributed by atoms with Crippen molar-refractivity contribution in [3.05, 3.63) is 145 Å². The zero-order valence-corrected chi connectivity index (χ0v) is 26.0. The van der Waals surface area contributed by atoms with Crippen LogP contribution < -0.4 is 0 Å². The smallest absolute Gasteiger partial charge is 0.0272 e. The summed E-state index contributed by atoms with van der Waals surface area (Å²) in [5.74, 6) is 3.43. The zero-order valence-electron chi connectivity index (χ0n) is 26.0. The summed E-state index contributed by atoms with van der Waals surface area (Å²) < 4.78 is 0. The maximum atomic E-state index is 2.67. The van der Waals surface area contributed by atoms with Gasteiger partial charge >= 0.3 is 0 Å². The van der Waals surface area contributed by atoms with E-state index >= 15 is 0 Å². The third-order valence-electron chi connectivity index (χ3n) is 12.8. The molecule has 4 bridgehead atoms. The van der Waals surface area contributed by atoms with E-state index in [1.54, 1.807) is 11.1 Å². The van der Waals surface area contributed by atoms with Crippen molar-refractivity contribution >= 4 is 32.3 Å². The van der Waals surface area contributed by atoms with Crippen molar-refractivity contribution in [3.63, 3.8) is 0 Å². The van der Waals surface area contributed by atoms with Gasteiger partial charge in [0.1, 0.15) is 0 Å². The molecule has 5 aliphatic carbocycles. The first kappa shape index (κ1) is 25.5. The molecule has 5 aliphatic rings. The first-order chi connectivity index (χ1) is 22.8. The van der Waals surface area contributed by atoms with Crippen LogP contribution in [0.15, 0.2) is 133 Å². The summed E-state index contributed by atoms with van der Waals surface area (Å²) in [4.78, 5) is 0. The van der Waals surface area contributed by atoms with Gasteiger partial charge in [0.05, 0.1) is 0 Å². The molecule has 0 aliphatic heterocycles. The van der Waals surface area contributed by atoms with Crippen molar-refractivity contribution in [2.24, 2.45) is 23.7 Å². The lowest BCUT2D eigenvalue weighted by molar-refractivity contribution is -0.0399. The van der Waals surface area contributed by atoms with E-state index in [0.717, 1.165) is 23.7 Å². The third kappa shape index (κ3) is 3.25. The van der Waals surface area contributed by atoms with Crippen LogP contribution in [0.1, 0.15) is 43.2 Å². The van der Waals surface area contributed by atoms with Gasteiger partial charge in [-0.05, 0) is 145 Å². The van der Waals surface area contributed by atoms with Crippen LogP contribution in [0.25, 0.3) is 65.7 Å². The van der Waals surface area contributed by atoms with Gasteiger partial charge in [-0.3, -0.25) is 0 Å². The van der Waals surface area contributed by atoms with E-state index in [1.807, 2.05) is 0 Å². The Morgan fingerprint density at radius 3 is 1.54 bits per heavy atom. The lowest BCUT2D eigenvalue weighted by atomic mass is 9.43. The van der Waals surface area contributed by atoms with E-state index in [9.17, 15) is 0 Å². The molecule has 0 saturated heterocycles. The fourth-order valence-corrected chi connectivity index (χ4v) is 11.4. The molecule has 0 heteroatoms. The van der Waals surface area contributed by atoms with E-state index in [1.165, 1.54) is 97.8 Å². The molecule has 4 saturated carbocycles. The molecule has 0 unspecified atom stereocenters. The largest absolute Gasteiger partial charge is 0.0619 e. The standard InChI is InChI=1S/C46H36/c1-2-10-31-26-32(18-17-30(31)9-1)44-38-12-3-5-14-40(38)45(41-15-6-4-13-39(41)44)33-19-20-37-36-11-7-8-16-42(36)46(43(37)27-33)34-22-28-21-29(24-34)25-35(46)23-28/h1-20,26-29,34-35H,21-25H2. The molecule has 4 fully saturated rings. The number of benzene rings is 7. The molecule has 0 heterocycles. The van der Waals surface area contributed by atoms with Crippen LogP contribution in [0.4, 0.5) is 0 Å². The van der Waals surface area contributed by atoms with Gasteiger partial charge in [0.2, 0.25) is 0 Å². The summed E-state index contributed by atoms with van der Waals surface area (Å²) in [5, 5.41) is 7.93. The van der Waals surface area contributed by atoms with Crippen LogP contribution in [0.2, 0.25) is 0 Å². The second kappa shape index (κ2) is 9.20. The van der Waals surface area contributed by atoms with Crippen LogP contribution in [0, 0.1) is 23.7 Å². The molecule has 7 aromatic rings. The van der Waals surface area contributed by atoms with Crippen molar-refractivity contribution in [3.8, 4) is 33.4 Å². The van der Waals surface area contributed by atoms with E-state index in [2.05, 4.69) is 133 Å². The van der Waals surface area contributed by atoms with Crippen molar-refractivity contribution in [1.82, 2.24) is 0 Å². The van der Waals surface area contributed by atoms with Gasteiger partial charge in [0, 0.05) is 5.41 Å². The van der Waals surface area contributed by atoms with Crippen LogP contribution in [0.5, 0.6) is 0 Å². The first-order valence-electron chi connectivity index (χ1n) is 17.4. The lowest BCUT2D eigenvalue weighted by Gasteiger charge is -2.61. The summed E-state index contributed by atoms with van der Waals surface area (Å²) in [5.41, 5.74) is 11.8. The maximum absolute atomic E-state index is 2.67. The molecule has 0 amide bonds. The maximum Gasteiger partial charge on any atom is 0.0272 e. The van der Waals surface area contributed by atoms with E-state index in [0.29, 0.717) is 0 Å². The molecule has 7 aromatic carbocycles. The van der Waals surface area contributed by atoms with Gasteiger partial charge in [-0.1, -0.05) is 121 Å². The fraction of sp³-hybridized carbons (Fsp3) is 0.217. The Morgan fingerprint density at radius 1 is 0.391 bits per heavy atom. The van der Waals surface area contributed by atoms with Crippen LogP contribution in [-0.4, -0.2) is 0 Å². The molecule has 1 spiro atoms. The number of hydrogen-bond acceptors (Lipinski definition) is 0. The summed E-state index contributed by atoms with van der Waals surface area (Å²) in [6.45, 7) is 0. The minimum absolute atomic E-state index is 0.173. The number of rotatable bonds is 2. The SMILES string of the molecule is c1ccc2c(c1)-c1ccc(-c3c4ccccc4c(-c4ccc5ccccc5c4)c4ccccc34)cc1C21C2CC3CC(C2)CC1C3. The molecule has 220 valence electrons. The average Bonchev–Trinajstić information content (AvgIpc) is 3.39. The Morgan fingerprint density at radius 2 is 0.891 bits per heavy atom. The number of hydrogen-bond donors (Lipinski definition) is 0. The normalized spacial score (nSPS) is 25.5. The molecular formula is C46H36. The highest BCUT2D eigenvalue weighted by atomic mass is 14.6. The van der Waals surface area contributed by atoms with Crippen molar-refractivity contribution in [2.45, 2.75) is 37.5 Å². The van der Waals surface area contributed by atoms with Gasteiger partial charge in [-0.15, -0.1) is 0 Å². The Balaban J connectivity index is 1.19. The second-order valence-corrected chi connectivity index (χ2v) is 14.9. The predicted molar refractivity (Wildman–Crippen MR) is 193 cm³/mol. The molecule has 0 atom stereocenters. The Kier molecular flexibility index (Phi) is 5.10. The minimum Gasteiger partial charge on any atom is -0.0619 e. The van der Waals surface area contributed by atoms with Gasteiger partial charge in [0.15, 0.2) is 0 Å². The zero-order chi connectivity index (χ0) is 30.0.